The van der Waals surface area contributed by atoms with Gasteiger partial charge in [-0.05, 0) is 71.7 Å². The molecule has 7 heteroatoms. The molecule has 0 spiro atoms. The maximum atomic E-state index is 13.4. The first-order chi connectivity index (χ1) is 17.8. The third kappa shape index (κ3) is 4.33. The Kier molecular flexibility index (Phi) is 6.65. The van der Waals surface area contributed by atoms with Crippen molar-refractivity contribution in [1.29, 1.82) is 0 Å². The number of carbonyl (C=O) groups excluding carboxylic acids is 2. The average Bonchev–Trinajstić information content (AvgIpc) is 3.58. The Bertz CT molecular complexity index is 1530. The Balaban J connectivity index is 1.58. The van der Waals surface area contributed by atoms with Crippen LogP contribution in [0.1, 0.15) is 52.9 Å². The molecule has 1 saturated heterocycles. The van der Waals surface area contributed by atoms with Gasteiger partial charge in [0, 0.05) is 34.1 Å². The molecule has 5 rings (SSSR count). The van der Waals surface area contributed by atoms with E-state index in [4.69, 9.17) is 4.74 Å². The number of aliphatic hydroxyl groups is 1. The number of nitrogens with zero attached hydrogens (tertiary/aromatic N) is 1. The lowest BCUT2D eigenvalue weighted by molar-refractivity contribution is -0.139. The van der Waals surface area contributed by atoms with E-state index >= 15 is 0 Å². The van der Waals surface area contributed by atoms with Gasteiger partial charge in [-0.25, -0.2) is 0 Å². The van der Waals surface area contributed by atoms with Gasteiger partial charge in [-0.1, -0.05) is 32.0 Å². The minimum absolute atomic E-state index is 0.134. The quantitative estimate of drug-likeness (QED) is 0.171. The number of benzene rings is 2. The topological polar surface area (TPSA) is 82.6 Å². The van der Waals surface area contributed by atoms with Gasteiger partial charge in [0.1, 0.15) is 11.5 Å². The molecule has 1 aliphatic rings. The van der Waals surface area contributed by atoms with Gasteiger partial charge >= 0.3 is 0 Å². The summed E-state index contributed by atoms with van der Waals surface area (Å²) in [5, 5.41) is 14.5. The summed E-state index contributed by atoms with van der Waals surface area (Å²) in [7, 11) is 1.61. The van der Waals surface area contributed by atoms with Crippen LogP contribution in [0.25, 0.3) is 16.7 Å². The molecule has 1 fully saturated rings. The second kappa shape index (κ2) is 9.90. The van der Waals surface area contributed by atoms with E-state index in [0.29, 0.717) is 18.5 Å². The summed E-state index contributed by atoms with van der Waals surface area (Å²) >= 11 is 1.49. The number of aromatic amines is 1. The summed E-state index contributed by atoms with van der Waals surface area (Å²) < 4.78 is 5.49. The van der Waals surface area contributed by atoms with Crippen molar-refractivity contribution < 1.29 is 19.4 Å². The number of likely N-dealkylation sites (tertiary alicyclic amines) is 1. The number of nitrogens with one attached hydrogen (secondary N) is 1. The van der Waals surface area contributed by atoms with E-state index in [1.54, 1.807) is 24.1 Å². The molecular weight excluding hydrogens is 484 g/mol. The smallest absolute Gasteiger partial charge is 0.295 e. The van der Waals surface area contributed by atoms with Crippen molar-refractivity contribution in [3.05, 3.63) is 92.8 Å². The fraction of sp³-hybridized carbons (Fsp3) is 0.267. The zero-order valence-corrected chi connectivity index (χ0v) is 22.2. The molecule has 190 valence electrons. The molecule has 2 aromatic heterocycles. The van der Waals surface area contributed by atoms with Crippen LogP contribution in [-0.2, 0) is 16.0 Å². The molecule has 0 aliphatic carbocycles. The number of H-pyrrole nitrogens is 1. The van der Waals surface area contributed by atoms with Crippen molar-refractivity contribution >= 4 is 39.7 Å². The van der Waals surface area contributed by atoms with Crippen LogP contribution in [0.3, 0.4) is 0 Å². The van der Waals surface area contributed by atoms with Crippen molar-refractivity contribution in [2.24, 2.45) is 0 Å². The molecule has 37 heavy (non-hydrogen) atoms. The molecule has 2 N–H and O–H groups in total. The predicted octanol–water partition coefficient (Wildman–Crippen LogP) is 6.33. The van der Waals surface area contributed by atoms with Crippen LogP contribution in [0.4, 0.5) is 0 Å². The number of hydrogen-bond acceptors (Lipinski definition) is 5. The Labute approximate surface area is 220 Å². The van der Waals surface area contributed by atoms with Crippen LogP contribution in [-0.4, -0.2) is 40.3 Å². The summed E-state index contributed by atoms with van der Waals surface area (Å²) in [5.74, 6) is -0.531. The Morgan fingerprint density at radius 2 is 1.95 bits per heavy atom. The Morgan fingerprint density at radius 3 is 2.65 bits per heavy atom. The fourth-order valence-corrected chi connectivity index (χ4v) is 6.16. The largest absolute Gasteiger partial charge is 0.507 e. The molecule has 3 heterocycles. The first-order valence-electron chi connectivity index (χ1n) is 12.4. The highest BCUT2D eigenvalue weighted by Gasteiger charge is 2.47. The maximum Gasteiger partial charge on any atom is 0.295 e. The number of carbonyl (C=O) groups is 2. The van der Waals surface area contributed by atoms with E-state index in [1.807, 2.05) is 68.7 Å². The molecule has 1 amide bonds. The van der Waals surface area contributed by atoms with Crippen LogP contribution in [0.5, 0.6) is 5.75 Å². The van der Waals surface area contributed by atoms with Crippen molar-refractivity contribution in [3.63, 3.8) is 0 Å². The molecule has 1 aliphatic heterocycles. The number of hydrogen-bond donors (Lipinski definition) is 2. The molecule has 4 aromatic rings. The second-order valence-corrected chi connectivity index (χ2v) is 10.6. The minimum atomic E-state index is -0.656. The van der Waals surface area contributed by atoms with E-state index in [2.05, 4.69) is 4.98 Å². The molecule has 1 atom stereocenters. The van der Waals surface area contributed by atoms with E-state index in [1.165, 1.54) is 11.3 Å². The van der Waals surface area contributed by atoms with Crippen LogP contribution < -0.4 is 4.74 Å². The molecule has 6 nitrogen and oxygen atoms in total. The van der Waals surface area contributed by atoms with Gasteiger partial charge in [-0.15, -0.1) is 11.3 Å². The number of aryl methyl sites for hydroxylation is 1. The van der Waals surface area contributed by atoms with Gasteiger partial charge in [0.2, 0.25) is 0 Å². The number of aromatic nitrogens is 1. The lowest BCUT2D eigenvalue weighted by atomic mass is 9.94. The SMILES string of the molecule is COc1ccc(/C(O)=C2/C(=O)C(=O)N(CCc3c[nH]c4ccccc34)C2c2sccc2C)cc1C(C)C. The van der Waals surface area contributed by atoms with Crippen LogP contribution in [0, 0.1) is 6.92 Å². The summed E-state index contributed by atoms with van der Waals surface area (Å²) in [6.45, 7) is 6.40. The zero-order chi connectivity index (χ0) is 26.3. The number of ketones is 1. The van der Waals surface area contributed by atoms with Gasteiger partial charge in [-0.2, -0.15) is 0 Å². The number of rotatable bonds is 7. The average molecular weight is 515 g/mol. The van der Waals surface area contributed by atoms with Crippen molar-refractivity contribution in [1.82, 2.24) is 9.88 Å². The fourth-order valence-electron chi connectivity index (χ4n) is 5.12. The zero-order valence-electron chi connectivity index (χ0n) is 21.4. The number of thiophene rings is 1. The molecule has 0 bridgehead atoms. The van der Waals surface area contributed by atoms with E-state index in [0.717, 1.165) is 38.2 Å². The normalized spacial score (nSPS) is 17.3. The van der Waals surface area contributed by atoms with Crippen molar-refractivity contribution in [2.75, 3.05) is 13.7 Å². The van der Waals surface area contributed by atoms with Gasteiger partial charge in [-0.3, -0.25) is 9.59 Å². The van der Waals surface area contributed by atoms with Gasteiger partial charge < -0.3 is 19.7 Å². The molecule has 0 radical (unpaired) electrons. The van der Waals surface area contributed by atoms with E-state index in [-0.39, 0.29) is 17.3 Å². The van der Waals surface area contributed by atoms with Crippen LogP contribution in [0.2, 0.25) is 0 Å². The standard InChI is InChI=1S/C30H30N2O4S/c1-17(2)22-15-19(9-10-24(22)36-4)27(33)25-26(29-18(3)12-14-37-29)32(30(35)28(25)34)13-11-20-16-31-23-8-6-5-7-21(20)23/h5-10,12,14-17,26,31,33H,11,13H2,1-4H3/b27-25-. The third-order valence-electron chi connectivity index (χ3n) is 7.11. The molecular formula is C30H30N2O4S. The van der Waals surface area contributed by atoms with Gasteiger partial charge in [0.05, 0.1) is 18.7 Å². The summed E-state index contributed by atoms with van der Waals surface area (Å²) in [6.07, 6.45) is 2.54. The first kappa shape index (κ1) is 24.8. The highest BCUT2D eigenvalue weighted by Crippen LogP contribution is 2.43. The van der Waals surface area contributed by atoms with Crippen LogP contribution in [0.15, 0.2) is 65.7 Å². The van der Waals surface area contributed by atoms with Gasteiger partial charge in [0.25, 0.3) is 11.7 Å². The Morgan fingerprint density at radius 1 is 1.16 bits per heavy atom. The monoisotopic (exact) mass is 514 g/mol. The number of fused-ring (bicyclic) bond motifs is 1. The minimum Gasteiger partial charge on any atom is -0.507 e. The number of aliphatic hydroxyl groups excluding tert-OH is 1. The number of amides is 1. The highest BCUT2D eigenvalue weighted by atomic mass is 32.1. The predicted molar refractivity (Wildman–Crippen MR) is 147 cm³/mol. The maximum absolute atomic E-state index is 13.4. The van der Waals surface area contributed by atoms with Crippen LogP contribution >= 0.6 is 11.3 Å². The summed E-state index contributed by atoms with van der Waals surface area (Å²) in [4.78, 5) is 32.6. The highest BCUT2D eigenvalue weighted by molar-refractivity contribution is 7.10. The molecule has 1 unspecified atom stereocenters. The number of ether oxygens (including phenoxy) is 1. The van der Waals surface area contributed by atoms with E-state index in [9.17, 15) is 14.7 Å². The Hall–Kier alpha value is -3.84. The van der Waals surface area contributed by atoms with E-state index < -0.39 is 17.7 Å². The first-order valence-corrected chi connectivity index (χ1v) is 13.3. The number of para-hydroxylation sites is 1. The number of methoxy groups -OCH3 is 1. The van der Waals surface area contributed by atoms with Gasteiger partial charge in [0.15, 0.2) is 0 Å². The molecule has 2 aromatic carbocycles. The summed E-state index contributed by atoms with van der Waals surface area (Å²) in [5.41, 5.74) is 4.65. The van der Waals surface area contributed by atoms with Crippen molar-refractivity contribution in [3.8, 4) is 5.75 Å². The lowest BCUT2D eigenvalue weighted by Gasteiger charge is -2.25. The summed E-state index contributed by atoms with van der Waals surface area (Å²) in [6, 6.07) is 14.7. The lowest BCUT2D eigenvalue weighted by Crippen LogP contribution is -2.31. The third-order valence-corrected chi connectivity index (χ3v) is 8.18. The molecule has 0 saturated carbocycles. The number of Topliss-reactive ketones (excluding diaryl/α,β-unsaturated/α-hetero) is 1. The van der Waals surface area contributed by atoms with Crippen molar-refractivity contribution in [2.45, 2.75) is 39.2 Å². The second-order valence-electron chi connectivity index (χ2n) is 9.68.